The number of nitrogens with zero attached hydrogens (tertiary/aromatic N) is 1. The first-order valence-electron chi connectivity index (χ1n) is 8.83. The third kappa shape index (κ3) is 9.43. The SMILES string of the molecule is CCCCCCCCCCCCOc1ccc(C=NN)cc1. The molecule has 0 amide bonds. The zero-order valence-corrected chi connectivity index (χ0v) is 14.1. The summed E-state index contributed by atoms with van der Waals surface area (Å²) in [5.41, 5.74) is 0.994. The van der Waals surface area contributed by atoms with Crippen molar-refractivity contribution in [3.8, 4) is 5.75 Å². The molecule has 0 fully saturated rings. The van der Waals surface area contributed by atoms with Crippen molar-refractivity contribution in [2.75, 3.05) is 6.61 Å². The summed E-state index contributed by atoms with van der Waals surface area (Å²) in [4.78, 5) is 0. The summed E-state index contributed by atoms with van der Waals surface area (Å²) in [7, 11) is 0. The standard InChI is InChI=1S/C19H32N2O/c1-2-3-4-5-6-7-8-9-10-11-16-22-19-14-12-18(13-15-19)17-21-20/h12-15,17H,2-11,16,20H2,1H3. The lowest BCUT2D eigenvalue weighted by atomic mass is 10.1. The van der Waals surface area contributed by atoms with Crippen molar-refractivity contribution in [3.05, 3.63) is 29.8 Å². The molecule has 0 bridgehead atoms. The van der Waals surface area contributed by atoms with Gasteiger partial charge in [0.2, 0.25) is 0 Å². The van der Waals surface area contributed by atoms with Gasteiger partial charge in [-0.25, -0.2) is 0 Å². The first-order valence-corrected chi connectivity index (χ1v) is 8.83. The van der Waals surface area contributed by atoms with Crippen molar-refractivity contribution in [2.24, 2.45) is 10.9 Å². The fourth-order valence-corrected chi connectivity index (χ4v) is 2.52. The van der Waals surface area contributed by atoms with E-state index in [1.807, 2.05) is 24.3 Å². The molecule has 1 aromatic carbocycles. The Hall–Kier alpha value is -1.51. The molecule has 0 atom stereocenters. The minimum Gasteiger partial charge on any atom is -0.494 e. The van der Waals surface area contributed by atoms with Crippen molar-refractivity contribution < 1.29 is 4.74 Å². The number of rotatable bonds is 13. The minimum atomic E-state index is 0.806. The number of ether oxygens (including phenoxy) is 1. The van der Waals surface area contributed by atoms with Crippen molar-refractivity contribution in [2.45, 2.75) is 71.1 Å². The highest BCUT2D eigenvalue weighted by molar-refractivity contribution is 5.79. The van der Waals surface area contributed by atoms with Gasteiger partial charge >= 0.3 is 0 Å². The Morgan fingerprint density at radius 2 is 1.41 bits per heavy atom. The molecule has 0 heterocycles. The Morgan fingerprint density at radius 3 is 1.95 bits per heavy atom. The van der Waals surface area contributed by atoms with Gasteiger partial charge in [-0.15, -0.1) is 0 Å². The van der Waals surface area contributed by atoms with Crippen LogP contribution in [0.2, 0.25) is 0 Å². The van der Waals surface area contributed by atoms with Crippen molar-refractivity contribution >= 4 is 6.21 Å². The molecule has 1 aromatic rings. The van der Waals surface area contributed by atoms with Crippen LogP contribution in [0.3, 0.4) is 0 Å². The molecule has 3 heteroatoms. The lowest BCUT2D eigenvalue weighted by Gasteiger charge is -2.06. The maximum atomic E-state index is 5.74. The average Bonchev–Trinajstić information content (AvgIpc) is 2.54. The van der Waals surface area contributed by atoms with Gasteiger partial charge in [0, 0.05) is 0 Å². The van der Waals surface area contributed by atoms with E-state index in [9.17, 15) is 0 Å². The van der Waals surface area contributed by atoms with E-state index in [2.05, 4.69) is 12.0 Å². The fourth-order valence-electron chi connectivity index (χ4n) is 2.52. The molecule has 124 valence electrons. The first-order chi connectivity index (χ1) is 10.9. The molecule has 0 aliphatic heterocycles. The molecular weight excluding hydrogens is 272 g/mol. The largest absolute Gasteiger partial charge is 0.494 e. The Bertz CT molecular complexity index is 387. The molecule has 3 nitrogen and oxygen atoms in total. The Morgan fingerprint density at radius 1 is 0.864 bits per heavy atom. The van der Waals surface area contributed by atoms with Crippen molar-refractivity contribution in [1.82, 2.24) is 0 Å². The maximum absolute atomic E-state index is 5.74. The molecule has 0 unspecified atom stereocenters. The van der Waals surface area contributed by atoms with E-state index < -0.39 is 0 Å². The van der Waals surface area contributed by atoms with Crippen LogP contribution >= 0.6 is 0 Å². The summed E-state index contributed by atoms with van der Waals surface area (Å²) in [6.07, 6.45) is 15.1. The highest BCUT2D eigenvalue weighted by atomic mass is 16.5. The smallest absolute Gasteiger partial charge is 0.119 e. The van der Waals surface area contributed by atoms with Gasteiger partial charge in [-0.1, -0.05) is 64.7 Å². The minimum absolute atomic E-state index is 0.806. The van der Waals surface area contributed by atoms with E-state index in [-0.39, 0.29) is 0 Å². The second-order valence-electron chi connectivity index (χ2n) is 5.88. The Balaban J connectivity index is 1.93. The second kappa shape index (κ2) is 13.2. The molecule has 0 spiro atoms. The van der Waals surface area contributed by atoms with Crippen LogP contribution in [0.4, 0.5) is 0 Å². The van der Waals surface area contributed by atoms with Gasteiger partial charge in [0.1, 0.15) is 5.75 Å². The summed E-state index contributed by atoms with van der Waals surface area (Å²) in [5.74, 6) is 6.04. The molecule has 0 saturated carbocycles. The van der Waals surface area contributed by atoms with Crippen LogP contribution in [0.1, 0.15) is 76.7 Å². The monoisotopic (exact) mass is 304 g/mol. The average molecular weight is 304 g/mol. The van der Waals surface area contributed by atoms with Gasteiger partial charge in [0.25, 0.3) is 0 Å². The lowest BCUT2D eigenvalue weighted by molar-refractivity contribution is 0.304. The van der Waals surface area contributed by atoms with Gasteiger partial charge in [0.15, 0.2) is 0 Å². The van der Waals surface area contributed by atoms with Crippen LogP contribution in [-0.2, 0) is 0 Å². The molecule has 0 radical (unpaired) electrons. The Labute approximate surface area is 135 Å². The van der Waals surface area contributed by atoms with Gasteiger partial charge in [0.05, 0.1) is 12.8 Å². The summed E-state index contributed by atoms with van der Waals surface area (Å²) in [6, 6.07) is 7.86. The number of hydrazone groups is 1. The van der Waals surface area contributed by atoms with Gasteiger partial charge in [-0.2, -0.15) is 5.10 Å². The quantitative estimate of drug-likeness (QED) is 0.233. The number of hydrogen-bond donors (Lipinski definition) is 1. The van der Waals surface area contributed by atoms with E-state index in [0.29, 0.717) is 0 Å². The predicted molar refractivity (Wildman–Crippen MR) is 95.6 cm³/mol. The summed E-state index contributed by atoms with van der Waals surface area (Å²) in [6.45, 7) is 3.08. The van der Waals surface area contributed by atoms with Crippen molar-refractivity contribution in [3.63, 3.8) is 0 Å². The topological polar surface area (TPSA) is 47.6 Å². The number of benzene rings is 1. The van der Waals surface area contributed by atoms with Crippen LogP contribution in [0.15, 0.2) is 29.4 Å². The zero-order chi connectivity index (χ0) is 15.9. The van der Waals surface area contributed by atoms with Crippen LogP contribution in [0.25, 0.3) is 0 Å². The number of unbranched alkanes of at least 4 members (excludes halogenated alkanes) is 9. The van der Waals surface area contributed by atoms with Crippen molar-refractivity contribution in [1.29, 1.82) is 0 Å². The summed E-state index contributed by atoms with van der Waals surface area (Å²) >= 11 is 0. The highest BCUT2D eigenvalue weighted by Gasteiger charge is 1.95. The molecule has 0 saturated heterocycles. The summed E-state index contributed by atoms with van der Waals surface area (Å²) in [5, 5.41) is 3.50. The van der Waals surface area contributed by atoms with Crippen LogP contribution < -0.4 is 10.6 Å². The lowest BCUT2D eigenvalue weighted by Crippen LogP contribution is -1.97. The van der Waals surface area contributed by atoms with E-state index in [1.54, 1.807) is 6.21 Å². The normalized spacial score (nSPS) is 11.1. The van der Waals surface area contributed by atoms with E-state index in [4.69, 9.17) is 10.6 Å². The third-order valence-electron chi connectivity index (χ3n) is 3.87. The molecule has 0 aliphatic rings. The molecule has 0 aromatic heterocycles. The van der Waals surface area contributed by atoms with Crippen LogP contribution in [0, 0.1) is 0 Å². The molecule has 22 heavy (non-hydrogen) atoms. The number of hydrogen-bond acceptors (Lipinski definition) is 3. The van der Waals surface area contributed by atoms with E-state index in [0.717, 1.165) is 24.3 Å². The van der Waals surface area contributed by atoms with Gasteiger partial charge < -0.3 is 10.6 Å². The highest BCUT2D eigenvalue weighted by Crippen LogP contribution is 2.13. The predicted octanol–water partition coefficient (Wildman–Crippen LogP) is 5.28. The van der Waals surface area contributed by atoms with Crippen LogP contribution in [0.5, 0.6) is 5.75 Å². The Kier molecular flexibility index (Phi) is 11.1. The summed E-state index contributed by atoms with van der Waals surface area (Å²) < 4.78 is 5.74. The van der Waals surface area contributed by atoms with Crippen LogP contribution in [-0.4, -0.2) is 12.8 Å². The molecule has 0 aliphatic carbocycles. The number of nitrogens with two attached hydrogens (primary N) is 1. The maximum Gasteiger partial charge on any atom is 0.119 e. The van der Waals surface area contributed by atoms with E-state index in [1.165, 1.54) is 57.8 Å². The van der Waals surface area contributed by atoms with Gasteiger partial charge in [-0.05, 0) is 36.2 Å². The molecule has 1 rings (SSSR count). The first kappa shape index (κ1) is 18.5. The third-order valence-corrected chi connectivity index (χ3v) is 3.87. The molecular formula is C19H32N2O. The van der Waals surface area contributed by atoms with E-state index >= 15 is 0 Å². The second-order valence-corrected chi connectivity index (χ2v) is 5.88. The fraction of sp³-hybridized carbons (Fsp3) is 0.632. The molecule has 2 N–H and O–H groups in total. The van der Waals surface area contributed by atoms with Gasteiger partial charge in [-0.3, -0.25) is 0 Å². The zero-order valence-electron chi connectivity index (χ0n) is 14.1.